The molecule has 4 heteroatoms. The topological polar surface area (TPSA) is 26.0 Å². The van der Waals surface area contributed by atoms with Crippen molar-refractivity contribution in [3.05, 3.63) is 41.0 Å². The molecule has 1 atom stereocenters. The van der Waals surface area contributed by atoms with Crippen LogP contribution in [0, 0.1) is 19.8 Å². The zero-order valence-corrected chi connectivity index (χ0v) is 15.4. The minimum absolute atomic E-state index is 0.418. The molecule has 0 spiro atoms. The van der Waals surface area contributed by atoms with Crippen LogP contribution < -0.4 is 0 Å². The quantitative estimate of drug-likeness (QED) is 0.849. The molecule has 0 amide bonds. The number of hydrogen-bond donors (Lipinski definition) is 0. The Kier molecular flexibility index (Phi) is 4.37. The Balaban J connectivity index is 1.91. The van der Waals surface area contributed by atoms with Crippen molar-refractivity contribution in [2.24, 2.45) is 5.92 Å². The van der Waals surface area contributed by atoms with E-state index in [0.29, 0.717) is 18.0 Å². The number of rotatable bonds is 4. The molecule has 3 rings (SSSR count). The summed E-state index contributed by atoms with van der Waals surface area (Å²) in [5, 5.41) is 4.76. The minimum Gasteiger partial charge on any atom is -0.349 e. The monoisotopic (exact) mass is 314 g/mol. The van der Waals surface area contributed by atoms with Crippen LogP contribution in [0.1, 0.15) is 62.4 Å². The number of hydrogen-bond acceptors (Lipinski definition) is 2. The van der Waals surface area contributed by atoms with Crippen LogP contribution in [0.25, 0.3) is 0 Å². The smallest absolute Gasteiger partial charge is 0.0641 e. The Morgan fingerprint density at radius 2 is 1.91 bits per heavy atom. The molecule has 0 fully saturated rings. The largest absolute Gasteiger partial charge is 0.349 e. The van der Waals surface area contributed by atoms with Gasteiger partial charge < -0.3 is 4.57 Å². The zero-order chi connectivity index (χ0) is 16.7. The van der Waals surface area contributed by atoms with Crippen LogP contribution >= 0.6 is 0 Å². The fraction of sp³-hybridized carbons (Fsp3) is 0.632. The van der Waals surface area contributed by atoms with Gasteiger partial charge >= 0.3 is 0 Å². The van der Waals surface area contributed by atoms with Crippen LogP contribution in [-0.2, 0) is 13.1 Å². The van der Waals surface area contributed by atoms with Crippen molar-refractivity contribution >= 4 is 0 Å². The lowest BCUT2D eigenvalue weighted by Gasteiger charge is -2.39. The molecular weight excluding hydrogens is 284 g/mol. The van der Waals surface area contributed by atoms with E-state index < -0.39 is 0 Å². The van der Waals surface area contributed by atoms with Crippen molar-refractivity contribution in [1.29, 1.82) is 0 Å². The van der Waals surface area contributed by atoms with Gasteiger partial charge in [0.25, 0.3) is 0 Å². The summed E-state index contributed by atoms with van der Waals surface area (Å²) >= 11 is 0. The predicted molar refractivity (Wildman–Crippen MR) is 94.5 cm³/mol. The average molecular weight is 314 g/mol. The highest BCUT2D eigenvalue weighted by molar-refractivity contribution is 5.26. The highest BCUT2D eigenvalue weighted by Crippen LogP contribution is 2.34. The van der Waals surface area contributed by atoms with E-state index in [2.05, 4.69) is 74.0 Å². The molecule has 2 aromatic heterocycles. The summed E-state index contributed by atoms with van der Waals surface area (Å²) in [5.74, 6) is 0.602. The maximum Gasteiger partial charge on any atom is 0.0641 e. The van der Waals surface area contributed by atoms with Crippen LogP contribution in [0.5, 0.6) is 0 Å². The van der Waals surface area contributed by atoms with E-state index in [9.17, 15) is 0 Å². The van der Waals surface area contributed by atoms with Gasteiger partial charge in [0, 0.05) is 48.8 Å². The predicted octanol–water partition coefficient (Wildman–Crippen LogP) is 4.10. The minimum atomic E-state index is 0.418. The highest BCUT2D eigenvalue weighted by atomic mass is 15.3. The molecule has 2 aromatic rings. The normalized spacial score (nSPS) is 18.9. The lowest BCUT2D eigenvalue weighted by atomic mass is 9.96. The lowest BCUT2D eigenvalue weighted by Crippen LogP contribution is -2.39. The summed E-state index contributed by atoms with van der Waals surface area (Å²) in [4.78, 5) is 2.64. The third-order valence-corrected chi connectivity index (χ3v) is 5.15. The fourth-order valence-corrected chi connectivity index (χ4v) is 4.03. The molecule has 1 aliphatic heterocycles. The highest BCUT2D eigenvalue weighted by Gasteiger charge is 2.30. The second-order valence-electron chi connectivity index (χ2n) is 7.47. The molecule has 0 unspecified atom stereocenters. The summed E-state index contributed by atoms with van der Waals surface area (Å²) in [5.41, 5.74) is 5.36. The first kappa shape index (κ1) is 16.3. The Hall–Kier alpha value is -1.55. The molecule has 23 heavy (non-hydrogen) atoms. The van der Waals surface area contributed by atoms with Crippen molar-refractivity contribution in [1.82, 2.24) is 19.2 Å². The van der Waals surface area contributed by atoms with E-state index in [4.69, 9.17) is 5.10 Å². The molecule has 0 saturated heterocycles. The number of aryl methyl sites for hydroxylation is 1. The molecule has 3 heterocycles. The molecule has 126 valence electrons. The van der Waals surface area contributed by atoms with Crippen molar-refractivity contribution in [3.8, 4) is 0 Å². The number of aromatic nitrogens is 3. The fourth-order valence-electron chi connectivity index (χ4n) is 4.03. The maximum absolute atomic E-state index is 4.76. The molecule has 0 aromatic carbocycles. The van der Waals surface area contributed by atoms with E-state index in [0.717, 1.165) is 19.6 Å². The molecule has 4 nitrogen and oxygen atoms in total. The van der Waals surface area contributed by atoms with Gasteiger partial charge in [-0.15, -0.1) is 0 Å². The van der Waals surface area contributed by atoms with Gasteiger partial charge in [-0.25, -0.2) is 0 Å². The number of nitrogens with zero attached hydrogens (tertiary/aromatic N) is 4. The number of fused-ring (bicyclic) bond motifs is 1. The van der Waals surface area contributed by atoms with Crippen LogP contribution in [-0.4, -0.2) is 25.8 Å². The van der Waals surface area contributed by atoms with Crippen molar-refractivity contribution in [2.75, 3.05) is 6.54 Å². The van der Waals surface area contributed by atoms with Crippen molar-refractivity contribution in [3.63, 3.8) is 0 Å². The van der Waals surface area contributed by atoms with E-state index in [1.807, 2.05) is 0 Å². The van der Waals surface area contributed by atoms with Gasteiger partial charge in [-0.2, -0.15) is 5.10 Å². The van der Waals surface area contributed by atoms with Crippen LogP contribution in [0.2, 0.25) is 0 Å². The van der Waals surface area contributed by atoms with Crippen LogP contribution in [0.3, 0.4) is 0 Å². The standard InChI is InChI=1S/C19H30N4/c1-13(2)19-18-8-7-9-21(18)10-11-22(19)12-17-15(5)20-23(14(3)4)16(17)6/h7-9,13-14,19H,10-12H2,1-6H3/t19-/m1/s1. The molecule has 0 radical (unpaired) electrons. The molecule has 0 bridgehead atoms. The maximum atomic E-state index is 4.76. The van der Waals surface area contributed by atoms with E-state index in [1.165, 1.54) is 22.6 Å². The Labute approximate surface area is 140 Å². The molecule has 0 saturated carbocycles. The van der Waals surface area contributed by atoms with Gasteiger partial charge in [0.15, 0.2) is 0 Å². The van der Waals surface area contributed by atoms with Gasteiger partial charge in [0.1, 0.15) is 0 Å². The van der Waals surface area contributed by atoms with Crippen molar-refractivity contribution in [2.45, 2.75) is 66.7 Å². The van der Waals surface area contributed by atoms with Crippen LogP contribution in [0.4, 0.5) is 0 Å². The summed E-state index contributed by atoms with van der Waals surface area (Å²) in [7, 11) is 0. The first-order chi connectivity index (χ1) is 10.9. The third-order valence-electron chi connectivity index (χ3n) is 5.15. The first-order valence-corrected chi connectivity index (χ1v) is 8.83. The van der Waals surface area contributed by atoms with E-state index in [-0.39, 0.29) is 0 Å². The first-order valence-electron chi connectivity index (χ1n) is 8.83. The third kappa shape index (κ3) is 2.85. The van der Waals surface area contributed by atoms with Crippen molar-refractivity contribution < 1.29 is 0 Å². The second kappa shape index (κ2) is 6.16. The summed E-state index contributed by atoms with van der Waals surface area (Å²) < 4.78 is 4.58. The zero-order valence-electron chi connectivity index (χ0n) is 15.4. The summed E-state index contributed by atoms with van der Waals surface area (Å²) in [6, 6.07) is 5.37. The van der Waals surface area contributed by atoms with Gasteiger partial charge in [-0.3, -0.25) is 9.58 Å². The Bertz CT molecular complexity index is 678. The molecule has 1 aliphatic rings. The van der Waals surface area contributed by atoms with E-state index in [1.54, 1.807) is 0 Å². The van der Waals surface area contributed by atoms with Crippen LogP contribution in [0.15, 0.2) is 18.3 Å². The Morgan fingerprint density at radius 3 is 2.52 bits per heavy atom. The lowest BCUT2D eigenvalue weighted by molar-refractivity contribution is 0.111. The Morgan fingerprint density at radius 1 is 1.17 bits per heavy atom. The van der Waals surface area contributed by atoms with Gasteiger partial charge in [-0.05, 0) is 45.7 Å². The van der Waals surface area contributed by atoms with Gasteiger partial charge in [0.05, 0.1) is 11.7 Å². The summed E-state index contributed by atoms with van der Waals surface area (Å²) in [6.07, 6.45) is 2.22. The molecule has 0 N–H and O–H groups in total. The second-order valence-corrected chi connectivity index (χ2v) is 7.47. The van der Waals surface area contributed by atoms with Gasteiger partial charge in [-0.1, -0.05) is 13.8 Å². The SMILES string of the molecule is Cc1nn(C(C)C)c(C)c1CN1CCn2cccc2[C@H]1C(C)C. The molecule has 0 aliphatic carbocycles. The summed E-state index contributed by atoms with van der Waals surface area (Å²) in [6.45, 7) is 16.6. The van der Waals surface area contributed by atoms with Gasteiger partial charge in [0.2, 0.25) is 0 Å². The molecular formula is C19H30N4. The average Bonchev–Trinajstić information content (AvgIpc) is 3.05. The van der Waals surface area contributed by atoms with E-state index >= 15 is 0 Å².